The third-order valence-corrected chi connectivity index (χ3v) is 2.70. The van der Waals surface area contributed by atoms with Gasteiger partial charge >= 0.3 is 0 Å². The molecule has 1 heterocycles. The van der Waals surface area contributed by atoms with Gasteiger partial charge in [0, 0.05) is 11.1 Å². The first-order valence-electron chi connectivity index (χ1n) is 4.84. The highest BCUT2D eigenvalue weighted by Gasteiger charge is 2.46. The third-order valence-electron chi connectivity index (χ3n) is 2.70. The fraction of sp³-hybridized carbons (Fsp3) is 1.00. The Balaban J connectivity index is 2.85. The maximum Gasteiger partial charge on any atom is 0.0576 e. The van der Waals surface area contributed by atoms with Crippen LogP contribution in [0.1, 0.15) is 40.5 Å². The largest absolute Gasteiger partial charge is 0.393 e. The van der Waals surface area contributed by atoms with Gasteiger partial charge in [-0.15, -0.1) is 0 Å². The number of nitrogens with one attached hydrogen (secondary N) is 1. The first-order valence-corrected chi connectivity index (χ1v) is 4.84. The second-order valence-corrected chi connectivity index (χ2v) is 5.16. The van der Waals surface area contributed by atoms with Gasteiger partial charge in [0.15, 0.2) is 0 Å². The molecule has 0 unspecified atom stereocenters. The number of piperidine rings is 1. The van der Waals surface area contributed by atoms with Gasteiger partial charge in [-0.25, -0.2) is 0 Å². The summed E-state index contributed by atoms with van der Waals surface area (Å²) in [5.41, 5.74) is 1.09. The summed E-state index contributed by atoms with van der Waals surface area (Å²) in [7, 11) is 0. The van der Waals surface area contributed by atoms with E-state index in [1.165, 1.54) is 0 Å². The predicted octanol–water partition coefficient (Wildman–Crippen LogP) is 0.826. The summed E-state index contributed by atoms with van der Waals surface area (Å²) < 4.78 is 0. The Labute approximate surface area is 84.5 Å². The highest BCUT2D eigenvalue weighted by Crippen LogP contribution is 2.37. The van der Waals surface area contributed by atoms with Gasteiger partial charge in [-0.2, -0.15) is 10.0 Å². The van der Waals surface area contributed by atoms with Crippen LogP contribution in [-0.4, -0.2) is 32.6 Å². The van der Waals surface area contributed by atoms with E-state index >= 15 is 0 Å². The molecule has 1 aliphatic rings. The van der Waals surface area contributed by atoms with Crippen LogP contribution in [0.5, 0.6) is 0 Å². The second-order valence-electron chi connectivity index (χ2n) is 5.16. The highest BCUT2D eigenvalue weighted by atomic mass is 16.9. The highest BCUT2D eigenvalue weighted by molar-refractivity contribution is 4.96. The van der Waals surface area contributed by atoms with Gasteiger partial charge < -0.3 is 5.11 Å². The van der Waals surface area contributed by atoms with E-state index in [9.17, 15) is 5.11 Å². The molecule has 0 aromatic heterocycles. The molecule has 1 rings (SSSR count). The fourth-order valence-electron chi connectivity index (χ4n) is 2.50. The van der Waals surface area contributed by atoms with E-state index in [1.54, 1.807) is 10.7 Å². The van der Waals surface area contributed by atoms with E-state index < -0.39 is 0 Å². The van der Waals surface area contributed by atoms with Gasteiger partial charge in [0.1, 0.15) is 0 Å². The van der Waals surface area contributed by atoms with Crippen molar-refractivity contribution in [3.8, 4) is 0 Å². The van der Waals surface area contributed by atoms with Crippen LogP contribution < -0.4 is 5.64 Å². The predicted molar refractivity (Wildman–Crippen MR) is 51.2 cm³/mol. The van der Waals surface area contributed by atoms with Crippen LogP contribution in [0.2, 0.25) is 0 Å². The van der Waals surface area contributed by atoms with Crippen LogP contribution in [0.15, 0.2) is 0 Å². The summed E-state index contributed by atoms with van der Waals surface area (Å²) in [6.07, 6.45) is 0.925. The zero-order valence-corrected chi connectivity index (χ0v) is 9.24. The molecule has 14 heavy (non-hydrogen) atoms. The number of nitrogens with zero attached hydrogens (tertiary/aromatic N) is 1. The van der Waals surface area contributed by atoms with Gasteiger partial charge in [-0.05, 0) is 40.5 Å². The van der Waals surface area contributed by atoms with Gasteiger partial charge in [-0.1, -0.05) is 5.64 Å². The topological polar surface area (TPSA) is 65.0 Å². The second kappa shape index (κ2) is 3.75. The average molecular weight is 204 g/mol. The SMILES string of the molecule is CC1(C)CC(O)CC(C)(C)N1ONO. The minimum Gasteiger partial charge on any atom is -0.393 e. The number of hydrogen-bond donors (Lipinski definition) is 3. The first-order chi connectivity index (χ1) is 6.29. The van der Waals surface area contributed by atoms with Crippen molar-refractivity contribution >= 4 is 0 Å². The Morgan fingerprint density at radius 3 is 2.00 bits per heavy atom. The van der Waals surface area contributed by atoms with E-state index in [2.05, 4.69) is 0 Å². The van der Waals surface area contributed by atoms with Crippen molar-refractivity contribution in [2.45, 2.75) is 57.7 Å². The smallest absolute Gasteiger partial charge is 0.0576 e. The molecule has 1 saturated heterocycles. The van der Waals surface area contributed by atoms with Crippen LogP contribution in [0.25, 0.3) is 0 Å². The van der Waals surface area contributed by atoms with E-state index in [1.807, 2.05) is 27.7 Å². The lowest BCUT2D eigenvalue weighted by molar-refractivity contribution is -0.367. The van der Waals surface area contributed by atoms with Crippen LogP contribution in [0.4, 0.5) is 0 Å². The fourth-order valence-corrected chi connectivity index (χ4v) is 2.50. The van der Waals surface area contributed by atoms with Gasteiger partial charge in [0.2, 0.25) is 0 Å². The van der Waals surface area contributed by atoms with E-state index in [4.69, 9.17) is 10.1 Å². The summed E-state index contributed by atoms with van der Waals surface area (Å²) in [4.78, 5) is 4.99. The van der Waals surface area contributed by atoms with Gasteiger partial charge in [0.05, 0.1) is 6.10 Å². The zero-order valence-electron chi connectivity index (χ0n) is 9.24. The van der Waals surface area contributed by atoms with E-state index in [0.29, 0.717) is 12.8 Å². The number of hydrogen-bond acceptors (Lipinski definition) is 5. The molecule has 0 atom stereocenters. The monoisotopic (exact) mass is 204 g/mol. The van der Waals surface area contributed by atoms with E-state index in [-0.39, 0.29) is 17.2 Å². The molecule has 0 radical (unpaired) electrons. The molecule has 0 aliphatic carbocycles. The summed E-state index contributed by atoms with van der Waals surface area (Å²) in [5.74, 6) is 0. The Morgan fingerprint density at radius 1 is 1.21 bits per heavy atom. The van der Waals surface area contributed by atoms with Crippen LogP contribution >= 0.6 is 0 Å². The number of aliphatic hydroxyl groups excluding tert-OH is 1. The Kier molecular flexibility index (Phi) is 3.18. The van der Waals surface area contributed by atoms with Crippen molar-refractivity contribution < 1.29 is 15.3 Å². The molecule has 0 saturated carbocycles. The maximum atomic E-state index is 9.70. The number of hydroxylamine groups is 2. The van der Waals surface area contributed by atoms with Crippen molar-refractivity contribution in [1.82, 2.24) is 10.7 Å². The molecule has 0 spiro atoms. The molecule has 5 nitrogen and oxygen atoms in total. The molecule has 5 heteroatoms. The van der Waals surface area contributed by atoms with Gasteiger partial charge in [0.25, 0.3) is 0 Å². The third kappa shape index (κ3) is 2.24. The minimum atomic E-state index is -0.321. The van der Waals surface area contributed by atoms with Crippen molar-refractivity contribution in [2.75, 3.05) is 0 Å². The number of rotatable bonds is 2. The molecular weight excluding hydrogens is 184 g/mol. The standard InChI is InChI=1S/C9H20N2O3/c1-8(2)5-7(12)6-9(3,4)11(8)14-10-13/h7,10,12-13H,5-6H2,1-4H3. The molecule has 1 fully saturated rings. The number of aliphatic hydroxyl groups is 1. The normalized spacial score (nSPS) is 27.9. The van der Waals surface area contributed by atoms with Crippen molar-refractivity contribution in [3.63, 3.8) is 0 Å². The quantitative estimate of drug-likeness (QED) is 0.581. The Morgan fingerprint density at radius 2 is 1.64 bits per heavy atom. The van der Waals surface area contributed by atoms with Crippen molar-refractivity contribution in [3.05, 3.63) is 0 Å². The summed E-state index contributed by atoms with van der Waals surface area (Å²) in [6.45, 7) is 7.87. The molecule has 84 valence electrons. The van der Waals surface area contributed by atoms with Crippen LogP contribution in [0, 0.1) is 0 Å². The molecular formula is C9H20N2O3. The van der Waals surface area contributed by atoms with Crippen LogP contribution in [0.3, 0.4) is 0 Å². The van der Waals surface area contributed by atoms with Gasteiger partial charge in [-0.3, -0.25) is 5.21 Å². The summed E-state index contributed by atoms with van der Waals surface area (Å²) >= 11 is 0. The van der Waals surface area contributed by atoms with Crippen LogP contribution in [-0.2, 0) is 4.94 Å². The molecule has 1 aliphatic heterocycles. The zero-order chi connectivity index (χ0) is 11.0. The molecule has 0 aromatic carbocycles. The molecule has 3 N–H and O–H groups in total. The lowest BCUT2D eigenvalue weighted by Gasteiger charge is -2.51. The lowest BCUT2D eigenvalue weighted by atomic mass is 9.80. The average Bonchev–Trinajstić information content (AvgIpc) is 1.94. The first kappa shape index (κ1) is 11.9. The minimum absolute atomic E-state index is 0.309. The summed E-state index contributed by atoms with van der Waals surface area (Å²) in [6, 6.07) is 0. The summed E-state index contributed by atoms with van der Waals surface area (Å²) in [5, 5.41) is 20.0. The van der Waals surface area contributed by atoms with Crippen molar-refractivity contribution in [1.29, 1.82) is 0 Å². The Bertz CT molecular complexity index is 188. The van der Waals surface area contributed by atoms with Crippen molar-refractivity contribution in [2.24, 2.45) is 0 Å². The van der Waals surface area contributed by atoms with E-state index in [0.717, 1.165) is 0 Å². The maximum absolute atomic E-state index is 9.70. The molecule has 0 aromatic rings. The Hall–Kier alpha value is -0.200. The molecule has 0 amide bonds. The molecule has 0 bridgehead atoms. The lowest BCUT2D eigenvalue weighted by Crippen LogP contribution is -2.62.